The highest BCUT2D eigenvalue weighted by Crippen LogP contribution is 2.37. The molecule has 20 heavy (non-hydrogen) atoms. The van der Waals surface area contributed by atoms with Crippen LogP contribution < -0.4 is 4.74 Å². The van der Waals surface area contributed by atoms with Gasteiger partial charge in [0.15, 0.2) is 0 Å². The summed E-state index contributed by atoms with van der Waals surface area (Å²) in [6.07, 6.45) is 2.57. The van der Waals surface area contributed by atoms with Crippen LogP contribution in [0.1, 0.15) is 19.3 Å². The molecular formula is C13H14F3NO2S. The second-order valence-electron chi connectivity index (χ2n) is 4.43. The van der Waals surface area contributed by atoms with Crippen LogP contribution in [0.4, 0.5) is 18.0 Å². The largest absolute Gasteiger partial charge is 0.446 e. The third-order valence-electron chi connectivity index (χ3n) is 2.88. The number of carbonyl (C=O) groups is 1. The Morgan fingerprint density at radius 1 is 1.10 bits per heavy atom. The topological polar surface area (TPSA) is 29.5 Å². The van der Waals surface area contributed by atoms with Gasteiger partial charge in [-0.2, -0.15) is 13.2 Å². The maximum Gasteiger partial charge on any atom is 0.446 e. The molecule has 0 N–H and O–H groups in total. The van der Waals surface area contributed by atoms with Crippen molar-refractivity contribution in [2.75, 3.05) is 13.1 Å². The molecule has 1 aromatic carbocycles. The highest BCUT2D eigenvalue weighted by atomic mass is 32.2. The number of thioether (sulfide) groups is 1. The quantitative estimate of drug-likeness (QED) is 0.764. The summed E-state index contributed by atoms with van der Waals surface area (Å²) in [7, 11) is 0. The minimum Gasteiger partial charge on any atom is -0.410 e. The maximum atomic E-state index is 12.2. The van der Waals surface area contributed by atoms with Crippen LogP contribution in [0.5, 0.6) is 5.75 Å². The maximum absolute atomic E-state index is 12.2. The van der Waals surface area contributed by atoms with Crippen molar-refractivity contribution in [3.05, 3.63) is 24.3 Å². The summed E-state index contributed by atoms with van der Waals surface area (Å²) in [6.45, 7) is 1.34. The van der Waals surface area contributed by atoms with Gasteiger partial charge in [0, 0.05) is 18.0 Å². The number of hydrogen-bond acceptors (Lipinski definition) is 3. The molecule has 0 spiro atoms. The molecule has 1 saturated heterocycles. The molecule has 0 bridgehead atoms. The lowest BCUT2D eigenvalue weighted by atomic mass is 10.1. The Morgan fingerprint density at radius 3 is 2.25 bits per heavy atom. The Hall–Kier alpha value is -1.37. The van der Waals surface area contributed by atoms with E-state index < -0.39 is 11.6 Å². The molecule has 3 nitrogen and oxygen atoms in total. The van der Waals surface area contributed by atoms with Crippen molar-refractivity contribution >= 4 is 17.9 Å². The normalized spacial score (nSPS) is 16.1. The Bertz CT molecular complexity index is 456. The Kier molecular flexibility index (Phi) is 4.80. The van der Waals surface area contributed by atoms with Gasteiger partial charge in [-0.25, -0.2) is 4.79 Å². The van der Waals surface area contributed by atoms with E-state index >= 15 is 0 Å². The number of nitrogens with zero attached hydrogens (tertiary/aromatic N) is 1. The van der Waals surface area contributed by atoms with E-state index in [1.807, 2.05) is 0 Å². The monoisotopic (exact) mass is 305 g/mol. The van der Waals surface area contributed by atoms with E-state index in [9.17, 15) is 18.0 Å². The van der Waals surface area contributed by atoms with Crippen molar-refractivity contribution in [2.24, 2.45) is 0 Å². The third kappa shape index (κ3) is 4.63. The highest BCUT2D eigenvalue weighted by molar-refractivity contribution is 8.00. The Labute approximate surface area is 119 Å². The first kappa shape index (κ1) is 15.0. The average Bonchev–Trinajstić information content (AvgIpc) is 2.40. The molecule has 1 aliphatic rings. The van der Waals surface area contributed by atoms with Gasteiger partial charge in [-0.3, -0.25) is 0 Å². The first-order valence-electron chi connectivity index (χ1n) is 6.26. The van der Waals surface area contributed by atoms with Crippen LogP contribution in [-0.4, -0.2) is 29.6 Å². The van der Waals surface area contributed by atoms with E-state index in [1.54, 1.807) is 4.90 Å². The van der Waals surface area contributed by atoms with Gasteiger partial charge in [0.1, 0.15) is 5.75 Å². The number of piperidine rings is 1. The standard InChI is InChI=1S/C13H14F3NO2S/c14-13(15,16)20-11-6-4-10(5-7-11)19-12(18)17-8-2-1-3-9-17/h4-7H,1-3,8-9H2. The number of benzene rings is 1. The fraction of sp³-hybridized carbons (Fsp3) is 0.462. The van der Waals surface area contributed by atoms with E-state index in [4.69, 9.17) is 4.74 Å². The lowest BCUT2D eigenvalue weighted by molar-refractivity contribution is -0.0328. The molecule has 0 unspecified atom stereocenters. The lowest BCUT2D eigenvalue weighted by Gasteiger charge is -2.25. The molecule has 7 heteroatoms. The summed E-state index contributed by atoms with van der Waals surface area (Å²) < 4.78 is 41.6. The number of hydrogen-bond donors (Lipinski definition) is 0. The van der Waals surface area contributed by atoms with Gasteiger partial charge >= 0.3 is 11.6 Å². The Morgan fingerprint density at radius 2 is 1.70 bits per heavy atom. The second-order valence-corrected chi connectivity index (χ2v) is 5.57. The lowest BCUT2D eigenvalue weighted by Crippen LogP contribution is -2.37. The van der Waals surface area contributed by atoms with Crippen LogP contribution in [0.25, 0.3) is 0 Å². The molecular weight excluding hydrogens is 291 g/mol. The van der Waals surface area contributed by atoms with Crippen LogP contribution in [-0.2, 0) is 0 Å². The van der Waals surface area contributed by atoms with Crippen molar-refractivity contribution < 1.29 is 22.7 Å². The van der Waals surface area contributed by atoms with Gasteiger partial charge in [-0.1, -0.05) is 0 Å². The van der Waals surface area contributed by atoms with Crippen LogP contribution in [0.3, 0.4) is 0 Å². The summed E-state index contributed by atoms with van der Waals surface area (Å²) >= 11 is -0.195. The molecule has 0 atom stereocenters. The highest BCUT2D eigenvalue weighted by Gasteiger charge is 2.29. The molecule has 1 aliphatic heterocycles. The SMILES string of the molecule is O=C(Oc1ccc(SC(F)(F)F)cc1)N1CCCCC1. The summed E-state index contributed by atoms with van der Waals surface area (Å²) in [4.78, 5) is 13.5. The van der Waals surface area contributed by atoms with Crippen LogP contribution in [0.2, 0.25) is 0 Å². The van der Waals surface area contributed by atoms with E-state index in [-0.39, 0.29) is 22.4 Å². The van der Waals surface area contributed by atoms with Crippen molar-refractivity contribution in [1.82, 2.24) is 4.90 Å². The van der Waals surface area contributed by atoms with Crippen molar-refractivity contribution in [1.29, 1.82) is 0 Å². The van der Waals surface area contributed by atoms with E-state index in [2.05, 4.69) is 0 Å². The van der Waals surface area contributed by atoms with Gasteiger partial charge in [0.05, 0.1) is 0 Å². The van der Waals surface area contributed by atoms with Gasteiger partial charge in [-0.05, 0) is 55.3 Å². The Balaban J connectivity index is 1.91. The summed E-state index contributed by atoms with van der Waals surface area (Å²) in [5.74, 6) is 0.257. The first-order valence-corrected chi connectivity index (χ1v) is 7.08. The van der Waals surface area contributed by atoms with Crippen molar-refractivity contribution in [3.63, 3.8) is 0 Å². The minimum absolute atomic E-state index is 0.0651. The molecule has 1 aromatic rings. The van der Waals surface area contributed by atoms with Gasteiger partial charge in [-0.15, -0.1) is 0 Å². The molecule has 110 valence electrons. The molecule has 1 fully saturated rings. The molecule has 1 amide bonds. The molecule has 0 aromatic heterocycles. The predicted octanol–water partition coefficient (Wildman–Crippen LogP) is 4.28. The minimum atomic E-state index is -4.31. The zero-order valence-electron chi connectivity index (χ0n) is 10.7. The number of rotatable bonds is 2. The fourth-order valence-electron chi connectivity index (χ4n) is 1.95. The number of amides is 1. The van der Waals surface area contributed by atoms with Crippen molar-refractivity contribution in [3.8, 4) is 5.75 Å². The fourth-order valence-corrected chi connectivity index (χ4v) is 2.49. The average molecular weight is 305 g/mol. The molecule has 2 rings (SSSR count). The van der Waals surface area contributed by atoms with E-state index in [0.29, 0.717) is 13.1 Å². The zero-order valence-corrected chi connectivity index (χ0v) is 11.5. The van der Waals surface area contributed by atoms with Crippen LogP contribution >= 0.6 is 11.8 Å². The zero-order chi connectivity index (χ0) is 14.6. The second kappa shape index (κ2) is 6.39. The van der Waals surface area contributed by atoms with Crippen molar-refractivity contribution in [2.45, 2.75) is 29.7 Å². The number of ether oxygens (including phenoxy) is 1. The smallest absolute Gasteiger partial charge is 0.410 e. The van der Waals surface area contributed by atoms with Gasteiger partial charge in [0.25, 0.3) is 0 Å². The van der Waals surface area contributed by atoms with Crippen LogP contribution in [0.15, 0.2) is 29.2 Å². The number of halogens is 3. The number of likely N-dealkylation sites (tertiary alicyclic amines) is 1. The predicted molar refractivity (Wildman–Crippen MR) is 69.8 cm³/mol. The first-order chi connectivity index (χ1) is 9.44. The number of carbonyl (C=O) groups excluding carboxylic acids is 1. The van der Waals surface area contributed by atoms with E-state index in [0.717, 1.165) is 19.3 Å². The molecule has 0 saturated carbocycles. The van der Waals surface area contributed by atoms with Crippen LogP contribution in [0, 0.1) is 0 Å². The molecule has 1 heterocycles. The summed E-state index contributed by atoms with van der Waals surface area (Å²) in [5, 5.41) is 0. The summed E-state index contributed by atoms with van der Waals surface area (Å²) in [6, 6.07) is 5.32. The molecule has 0 radical (unpaired) electrons. The summed E-state index contributed by atoms with van der Waals surface area (Å²) in [5.41, 5.74) is -4.31. The van der Waals surface area contributed by atoms with Gasteiger partial charge < -0.3 is 9.64 Å². The third-order valence-corrected chi connectivity index (χ3v) is 3.62. The van der Waals surface area contributed by atoms with E-state index in [1.165, 1.54) is 24.3 Å². The molecule has 0 aliphatic carbocycles. The number of alkyl halides is 3. The van der Waals surface area contributed by atoms with Gasteiger partial charge in [0.2, 0.25) is 0 Å².